The third kappa shape index (κ3) is 3.66. The number of anilines is 1. The molecule has 0 spiro atoms. The van der Waals surface area contributed by atoms with Gasteiger partial charge in [0.05, 0.1) is 12.7 Å². The second-order valence-corrected chi connectivity index (χ2v) is 7.31. The number of carbonyl (C=O) groups is 1. The van der Waals surface area contributed by atoms with Crippen molar-refractivity contribution in [1.29, 1.82) is 0 Å². The SMILES string of the molecule is CCc1ccc2oc(-c3ccc(C)c(NC(=O)c4cccc(C)c4OC)c3)nc2c1. The minimum Gasteiger partial charge on any atom is -0.496 e. The molecular formula is C25H24N2O3. The number of aryl methyl sites for hydroxylation is 3. The lowest BCUT2D eigenvalue weighted by molar-refractivity contribution is 0.102. The summed E-state index contributed by atoms with van der Waals surface area (Å²) in [7, 11) is 1.57. The molecule has 1 aromatic heterocycles. The molecule has 3 aromatic carbocycles. The molecule has 0 aliphatic heterocycles. The Kier molecular flexibility index (Phi) is 5.27. The topological polar surface area (TPSA) is 64.4 Å². The van der Waals surface area contributed by atoms with Crippen molar-refractivity contribution in [3.8, 4) is 17.2 Å². The Balaban J connectivity index is 1.67. The Labute approximate surface area is 175 Å². The molecule has 0 aliphatic carbocycles. The molecule has 0 aliphatic rings. The molecule has 152 valence electrons. The molecule has 30 heavy (non-hydrogen) atoms. The van der Waals surface area contributed by atoms with E-state index in [0.717, 1.165) is 34.2 Å². The highest BCUT2D eigenvalue weighted by atomic mass is 16.5. The number of benzene rings is 3. The number of ether oxygens (including phenoxy) is 1. The van der Waals surface area contributed by atoms with Crippen molar-refractivity contribution < 1.29 is 13.9 Å². The fourth-order valence-corrected chi connectivity index (χ4v) is 3.50. The van der Waals surface area contributed by atoms with Gasteiger partial charge in [-0.15, -0.1) is 0 Å². The number of methoxy groups -OCH3 is 1. The van der Waals surface area contributed by atoms with Gasteiger partial charge < -0.3 is 14.5 Å². The summed E-state index contributed by atoms with van der Waals surface area (Å²) >= 11 is 0. The number of fused-ring (bicyclic) bond motifs is 1. The molecule has 0 saturated carbocycles. The van der Waals surface area contributed by atoms with Gasteiger partial charge in [-0.05, 0) is 67.3 Å². The molecule has 0 saturated heterocycles. The van der Waals surface area contributed by atoms with Gasteiger partial charge in [0.1, 0.15) is 11.3 Å². The Morgan fingerprint density at radius 3 is 2.67 bits per heavy atom. The van der Waals surface area contributed by atoms with Crippen molar-refractivity contribution in [3.63, 3.8) is 0 Å². The Hall–Kier alpha value is -3.60. The van der Waals surface area contributed by atoms with Gasteiger partial charge >= 0.3 is 0 Å². The number of para-hydroxylation sites is 1. The maximum atomic E-state index is 12.9. The van der Waals surface area contributed by atoms with Crippen molar-refractivity contribution in [2.24, 2.45) is 0 Å². The predicted molar refractivity (Wildman–Crippen MR) is 119 cm³/mol. The number of rotatable bonds is 5. The highest BCUT2D eigenvalue weighted by Crippen LogP contribution is 2.30. The highest BCUT2D eigenvalue weighted by Gasteiger charge is 2.16. The Morgan fingerprint density at radius 2 is 1.90 bits per heavy atom. The first-order chi connectivity index (χ1) is 14.5. The maximum absolute atomic E-state index is 12.9. The first-order valence-electron chi connectivity index (χ1n) is 9.95. The third-order valence-electron chi connectivity index (χ3n) is 5.25. The van der Waals surface area contributed by atoms with Gasteiger partial charge in [-0.1, -0.05) is 31.2 Å². The van der Waals surface area contributed by atoms with E-state index < -0.39 is 0 Å². The van der Waals surface area contributed by atoms with Crippen molar-refractivity contribution in [3.05, 3.63) is 76.9 Å². The highest BCUT2D eigenvalue weighted by molar-refractivity contribution is 6.07. The largest absolute Gasteiger partial charge is 0.496 e. The van der Waals surface area contributed by atoms with Crippen molar-refractivity contribution in [1.82, 2.24) is 4.98 Å². The van der Waals surface area contributed by atoms with E-state index in [1.54, 1.807) is 13.2 Å². The quantitative estimate of drug-likeness (QED) is 0.451. The molecule has 0 atom stereocenters. The monoisotopic (exact) mass is 400 g/mol. The van der Waals surface area contributed by atoms with E-state index in [1.165, 1.54) is 5.56 Å². The number of amides is 1. The molecule has 5 nitrogen and oxygen atoms in total. The lowest BCUT2D eigenvalue weighted by Gasteiger charge is -2.13. The van der Waals surface area contributed by atoms with Gasteiger partial charge in [-0.3, -0.25) is 4.79 Å². The fourth-order valence-electron chi connectivity index (χ4n) is 3.50. The van der Waals surface area contributed by atoms with Crippen LogP contribution < -0.4 is 10.1 Å². The van der Waals surface area contributed by atoms with Crippen molar-refractivity contribution in [2.75, 3.05) is 12.4 Å². The lowest BCUT2D eigenvalue weighted by atomic mass is 10.1. The molecule has 0 radical (unpaired) electrons. The van der Waals surface area contributed by atoms with Gasteiger partial charge in [-0.25, -0.2) is 4.98 Å². The molecule has 5 heteroatoms. The van der Waals surface area contributed by atoms with E-state index >= 15 is 0 Å². The molecule has 4 aromatic rings. The van der Waals surface area contributed by atoms with Crippen molar-refractivity contribution >= 4 is 22.7 Å². The minimum absolute atomic E-state index is 0.221. The average molecular weight is 400 g/mol. The van der Waals surface area contributed by atoms with Crippen LogP contribution in [0.25, 0.3) is 22.6 Å². The molecule has 0 fully saturated rings. The van der Waals surface area contributed by atoms with Gasteiger partial charge in [0.15, 0.2) is 5.58 Å². The molecule has 4 rings (SSSR count). The first-order valence-corrected chi connectivity index (χ1v) is 9.95. The molecule has 1 N–H and O–H groups in total. The number of oxazole rings is 1. The van der Waals surface area contributed by atoms with Crippen LogP contribution in [-0.2, 0) is 6.42 Å². The summed E-state index contributed by atoms with van der Waals surface area (Å²) in [4.78, 5) is 17.6. The zero-order chi connectivity index (χ0) is 21.3. The summed E-state index contributed by atoms with van der Waals surface area (Å²) < 4.78 is 11.4. The van der Waals surface area contributed by atoms with E-state index in [9.17, 15) is 4.79 Å². The number of hydrogen-bond acceptors (Lipinski definition) is 4. The first kappa shape index (κ1) is 19.7. The average Bonchev–Trinajstić information content (AvgIpc) is 3.18. The van der Waals surface area contributed by atoms with E-state index in [2.05, 4.69) is 17.2 Å². The second-order valence-electron chi connectivity index (χ2n) is 7.31. The number of aromatic nitrogens is 1. The lowest BCUT2D eigenvalue weighted by Crippen LogP contribution is -2.14. The standard InChI is InChI=1S/C25H24N2O3/c1-5-17-10-12-22-21(13-17)27-25(30-22)18-11-9-15(2)20(14-18)26-24(28)19-8-6-7-16(3)23(19)29-4/h6-14H,5H2,1-4H3,(H,26,28). The summed E-state index contributed by atoms with van der Waals surface area (Å²) in [6.07, 6.45) is 0.946. The number of nitrogens with zero attached hydrogens (tertiary/aromatic N) is 1. The van der Waals surface area contributed by atoms with E-state index in [4.69, 9.17) is 9.15 Å². The van der Waals surface area contributed by atoms with Crippen molar-refractivity contribution in [2.45, 2.75) is 27.2 Å². The van der Waals surface area contributed by atoms with Crippen LogP contribution in [0.4, 0.5) is 5.69 Å². The molecule has 1 heterocycles. The minimum atomic E-state index is -0.221. The fraction of sp³-hybridized carbons (Fsp3) is 0.200. The van der Waals surface area contributed by atoms with Crippen LogP contribution in [0.1, 0.15) is 34.0 Å². The number of hydrogen-bond donors (Lipinski definition) is 1. The Morgan fingerprint density at radius 1 is 1.07 bits per heavy atom. The molecule has 0 unspecified atom stereocenters. The zero-order valence-electron chi connectivity index (χ0n) is 17.6. The summed E-state index contributed by atoms with van der Waals surface area (Å²) in [6.45, 7) is 5.98. The van der Waals surface area contributed by atoms with E-state index in [1.807, 2.05) is 62.4 Å². The Bertz CT molecular complexity index is 1240. The zero-order valence-corrected chi connectivity index (χ0v) is 17.6. The summed E-state index contributed by atoms with van der Waals surface area (Å²) in [6, 6.07) is 17.3. The van der Waals surface area contributed by atoms with Crippen LogP contribution >= 0.6 is 0 Å². The van der Waals surface area contributed by atoms with Gasteiger partial charge in [0, 0.05) is 11.3 Å². The van der Waals surface area contributed by atoms with Gasteiger partial charge in [0.2, 0.25) is 5.89 Å². The van der Waals surface area contributed by atoms with E-state index in [-0.39, 0.29) is 5.91 Å². The van der Waals surface area contributed by atoms with Crippen LogP contribution in [0.15, 0.2) is 59.0 Å². The van der Waals surface area contributed by atoms with Crippen LogP contribution in [0.2, 0.25) is 0 Å². The van der Waals surface area contributed by atoms with Crippen LogP contribution in [0.3, 0.4) is 0 Å². The summed E-state index contributed by atoms with van der Waals surface area (Å²) in [5, 5.41) is 3.00. The molecular weight excluding hydrogens is 376 g/mol. The summed E-state index contributed by atoms with van der Waals surface area (Å²) in [5.74, 6) is 0.886. The predicted octanol–water partition coefficient (Wildman–Crippen LogP) is 5.93. The maximum Gasteiger partial charge on any atom is 0.259 e. The van der Waals surface area contributed by atoms with Crippen LogP contribution in [0, 0.1) is 13.8 Å². The van der Waals surface area contributed by atoms with Crippen LogP contribution in [0.5, 0.6) is 5.75 Å². The molecule has 1 amide bonds. The van der Waals surface area contributed by atoms with Crippen LogP contribution in [-0.4, -0.2) is 18.0 Å². The smallest absolute Gasteiger partial charge is 0.259 e. The number of carbonyl (C=O) groups excluding carboxylic acids is 1. The van der Waals surface area contributed by atoms with Gasteiger partial charge in [0.25, 0.3) is 5.91 Å². The van der Waals surface area contributed by atoms with Gasteiger partial charge in [-0.2, -0.15) is 0 Å². The third-order valence-corrected chi connectivity index (χ3v) is 5.25. The molecule has 0 bridgehead atoms. The number of nitrogens with one attached hydrogen (secondary N) is 1. The summed E-state index contributed by atoms with van der Waals surface area (Å²) in [5.41, 5.74) is 6.66. The normalized spacial score (nSPS) is 10.9. The second kappa shape index (κ2) is 8.03. The van der Waals surface area contributed by atoms with E-state index in [0.29, 0.717) is 22.9 Å².